The molecule has 12 heavy (non-hydrogen) atoms. The van der Waals surface area contributed by atoms with Crippen molar-refractivity contribution in [3.63, 3.8) is 0 Å². The molecule has 3 nitrogen and oxygen atoms in total. The Morgan fingerprint density at radius 2 is 2.08 bits per heavy atom. The molecule has 0 saturated carbocycles. The van der Waals surface area contributed by atoms with Gasteiger partial charge >= 0.3 is 11.9 Å². The van der Waals surface area contributed by atoms with Crippen LogP contribution in [0.25, 0.3) is 0 Å². The van der Waals surface area contributed by atoms with Crippen LogP contribution in [0.3, 0.4) is 0 Å². The highest BCUT2D eigenvalue weighted by Gasteiger charge is 2.20. The molecular formula is C9H12O3. The van der Waals surface area contributed by atoms with Crippen LogP contribution in [0.4, 0.5) is 0 Å². The van der Waals surface area contributed by atoms with Crippen LogP contribution in [0, 0.1) is 5.41 Å². The second-order valence-corrected chi connectivity index (χ2v) is 3.62. The van der Waals surface area contributed by atoms with Crippen LogP contribution in [0.15, 0.2) is 12.2 Å². The molecule has 0 atom stereocenters. The van der Waals surface area contributed by atoms with E-state index >= 15 is 0 Å². The third-order valence-electron chi connectivity index (χ3n) is 1.86. The molecule has 0 aromatic heterocycles. The predicted octanol–water partition coefficient (Wildman–Crippen LogP) is 1.43. The van der Waals surface area contributed by atoms with Crippen LogP contribution in [0.5, 0.6) is 0 Å². The minimum absolute atomic E-state index is 0.0882. The number of hydrogen-bond donors (Lipinski definition) is 0. The first-order valence-corrected chi connectivity index (χ1v) is 3.93. The molecule has 0 spiro atoms. The molecule has 0 aromatic carbocycles. The molecule has 0 N–H and O–H groups in total. The minimum atomic E-state index is -0.562. The van der Waals surface area contributed by atoms with E-state index in [-0.39, 0.29) is 5.41 Å². The summed E-state index contributed by atoms with van der Waals surface area (Å²) >= 11 is 0. The molecule has 1 rings (SSSR count). The van der Waals surface area contributed by atoms with Gasteiger partial charge in [-0.15, -0.1) is 0 Å². The second-order valence-electron chi connectivity index (χ2n) is 3.62. The van der Waals surface area contributed by atoms with E-state index in [0.29, 0.717) is 6.42 Å². The lowest BCUT2D eigenvalue weighted by Gasteiger charge is -2.20. The molecule has 0 amide bonds. The van der Waals surface area contributed by atoms with E-state index in [9.17, 15) is 9.59 Å². The zero-order valence-electron chi connectivity index (χ0n) is 7.29. The van der Waals surface area contributed by atoms with Gasteiger partial charge in [0.05, 0.1) is 0 Å². The monoisotopic (exact) mass is 168 g/mol. The van der Waals surface area contributed by atoms with Crippen molar-refractivity contribution in [1.29, 1.82) is 0 Å². The summed E-state index contributed by atoms with van der Waals surface area (Å²) in [5, 5.41) is 0. The molecule has 66 valence electrons. The molecule has 3 heteroatoms. The summed E-state index contributed by atoms with van der Waals surface area (Å²) < 4.78 is 4.42. The number of carbonyl (C=O) groups excluding carboxylic acids is 2. The summed E-state index contributed by atoms with van der Waals surface area (Å²) in [5.74, 6) is -0.995. The van der Waals surface area contributed by atoms with E-state index in [2.05, 4.69) is 4.74 Å². The molecule has 1 heterocycles. The zero-order valence-corrected chi connectivity index (χ0v) is 7.29. The van der Waals surface area contributed by atoms with Gasteiger partial charge in [0.15, 0.2) is 0 Å². The lowest BCUT2D eigenvalue weighted by molar-refractivity contribution is -0.156. The van der Waals surface area contributed by atoms with Gasteiger partial charge in [-0.2, -0.15) is 0 Å². The summed E-state index contributed by atoms with van der Waals surface area (Å²) in [6.45, 7) is 3.96. The number of cyclic esters (lactones) is 2. The van der Waals surface area contributed by atoms with E-state index < -0.39 is 11.9 Å². The molecule has 0 unspecified atom stereocenters. The standard InChI is InChI=1S/C9H12O3/c1-9(2)5-3-7(10)12-8(11)4-6-9/h3,5H,4,6H2,1-2H3. The van der Waals surface area contributed by atoms with Gasteiger partial charge in [-0.25, -0.2) is 4.79 Å². The first kappa shape index (κ1) is 8.97. The highest BCUT2D eigenvalue weighted by molar-refractivity contribution is 5.92. The molecule has 1 aliphatic rings. The second kappa shape index (κ2) is 3.09. The van der Waals surface area contributed by atoms with Gasteiger partial charge < -0.3 is 4.74 Å². The summed E-state index contributed by atoms with van der Waals surface area (Å²) in [5.41, 5.74) is -0.0882. The van der Waals surface area contributed by atoms with Crippen LogP contribution in [-0.4, -0.2) is 11.9 Å². The Balaban J connectivity index is 2.78. The smallest absolute Gasteiger partial charge is 0.338 e. The molecule has 0 aliphatic carbocycles. The first-order chi connectivity index (χ1) is 5.49. The number of ether oxygens (including phenoxy) is 1. The van der Waals surface area contributed by atoms with Crippen molar-refractivity contribution in [3.05, 3.63) is 12.2 Å². The van der Waals surface area contributed by atoms with Crippen LogP contribution >= 0.6 is 0 Å². The Morgan fingerprint density at radius 1 is 1.42 bits per heavy atom. The Labute approximate surface area is 71.4 Å². The van der Waals surface area contributed by atoms with Crippen molar-refractivity contribution in [1.82, 2.24) is 0 Å². The third-order valence-corrected chi connectivity index (χ3v) is 1.86. The summed E-state index contributed by atoms with van der Waals surface area (Å²) in [4.78, 5) is 21.7. The van der Waals surface area contributed by atoms with Crippen molar-refractivity contribution in [2.75, 3.05) is 0 Å². The fraction of sp³-hybridized carbons (Fsp3) is 0.556. The lowest BCUT2D eigenvalue weighted by atomic mass is 9.87. The molecule has 0 bridgehead atoms. The molecular weight excluding hydrogens is 156 g/mol. The summed E-state index contributed by atoms with van der Waals surface area (Å²) in [6, 6.07) is 0. The van der Waals surface area contributed by atoms with Crippen LogP contribution in [-0.2, 0) is 14.3 Å². The van der Waals surface area contributed by atoms with Crippen molar-refractivity contribution < 1.29 is 14.3 Å². The van der Waals surface area contributed by atoms with E-state index in [0.717, 1.165) is 6.42 Å². The highest BCUT2D eigenvalue weighted by atomic mass is 16.6. The summed E-state index contributed by atoms with van der Waals surface area (Å²) in [6.07, 6.45) is 4.12. The average Bonchev–Trinajstić information content (AvgIpc) is 1.96. The van der Waals surface area contributed by atoms with Gasteiger partial charge in [-0.3, -0.25) is 4.79 Å². The SMILES string of the molecule is CC1(C)C=CC(=O)OC(=O)CC1. The Hall–Kier alpha value is -1.12. The largest absolute Gasteiger partial charge is 0.390 e. The number of carbonyl (C=O) groups is 2. The Bertz CT molecular complexity index is 238. The number of rotatable bonds is 0. The first-order valence-electron chi connectivity index (χ1n) is 3.93. The van der Waals surface area contributed by atoms with Crippen LogP contribution in [0.2, 0.25) is 0 Å². The van der Waals surface area contributed by atoms with Crippen LogP contribution in [0.1, 0.15) is 26.7 Å². The zero-order chi connectivity index (χ0) is 9.19. The van der Waals surface area contributed by atoms with Crippen LogP contribution < -0.4 is 0 Å². The third kappa shape index (κ3) is 2.49. The normalized spacial score (nSPS) is 22.8. The van der Waals surface area contributed by atoms with Gasteiger partial charge in [0.1, 0.15) is 0 Å². The summed E-state index contributed by atoms with van der Waals surface area (Å²) in [7, 11) is 0. The predicted molar refractivity (Wildman–Crippen MR) is 43.3 cm³/mol. The van der Waals surface area contributed by atoms with Crippen molar-refractivity contribution in [3.8, 4) is 0 Å². The van der Waals surface area contributed by atoms with Gasteiger partial charge in [-0.05, 0) is 11.8 Å². The molecule has 0 aromatic rings. The quantitative estimate of drug-likeness (QED) is 0.406. The fourth-order valence-electron chi connectivity index (χ4n) is 0.998. The van der Waals surface area contributed by atoms with Gasteiger partial charge in [0, 0.05) is 12.5 Å². The Kier molecular flexibility index (Phi) is 2.31. The van der Waals surface area contributed by atoms with E-state index in [4.69, 9.17) is 0 Å². The lowest BCUT2D eigenvalue weighted by Crippen LogP contribution is -2.18. The molecule has 1 aliphatic heterocycles. The highest BCUT2D eigenvalue weighted by Crippen LogP contribution is 2.25. The molecule has 0 radical (unpaired) electrons. The van der Waals surface area contributed by atoms with E-state index in [1.165, 1.54) is 6.08 Å². The maximum absolute atomic E-state index is 10.9. The molecule has 0 saturated heterocycles. The number of esters is 2. The average molecular weight is 168 g/mol. The van der Waals surface area contributed by atoms with Crippen molar-refractivity contribution >= 4 is 11.9 Å². The maximum Gasteiger partial charge on any atom is 0.338 e. The van der Waals surface area contributed by atoms with E-state index in [1.54, 1.807) is 6.08 Å². The van der Waals surface area contributed by atoms with Crippen molar-refractivity contribution in [2.45, 2.75) is 26.7 Å². The molecule has 0 fully saturated rings. The van der Waals surface area contributed by atoms with Gasteiger partial charge in [0.25, 0.3) is 0 Å². The van der Waals surface area contributed by atoms with Crippen molar-refractivity contribution in [2.24, 2.45) is 5.41 Å². The fourth-order valence-corrected chi connectivity index (χ4v) is 0.998. The maximum atomic E-state index is 10.9. The minimum Gasteiger partial charge on any atom is -0.390 e. The number of hydrogen-bond acceptors (Lipinski definition) is 3. The van der Waals surface area contributed by atoms with E-state index in [1.807, 2.05) is 13.8 Å². The topological polar surface area (TPSA) is 43.4 Å². The Morgan fingerprint density at radius 3 is 2.75 bits per heavy atom. The van der Waals surface area contributed by atoms with Gasteiger partial charge in [-0.1, -0.05) is 19.9 Å². The van der Waals surface area contributed by atoms with Gasteiger partial charge in [0.2, 0.25) is 0 Å². The number of allylic oxidation sites excluding steroid dienone is 1.